The number of carbonyl (C=O) groups excluding carboxylic acids is 1. The molecule has 4 aromatic carbocycles. The lowest BCUT2D eigenvalue weighted by Crippen LogP contribution is -2.37. The number of amides is 1. The SMILES string of the molecule is COc1cccc(-c2cccc(CN(C(=O)c3cc(C(=O)O)c(C(=O)O)cc3C(=O)O)[C@H]3CCCc4ccccc43)c2)c1. The number of aryl methyl sites for hydroxylation is 1. The predicted molar refractivity (Wildman–Crippen MR) is 158 cm³/mol. The molecule has 1 atom stereocenters. The van der Waals surface area contributed by atoms with Crippen LogP contribution < -0.4 is 4.74 Å². The van der Waals surface area contributed by atoms with Crippen molar-refractivity contribution in [3.63, 3.8) is 0 Å². The van der Waals surface area contributed by atoms with Gasteiger partial charge in [-0.3, -0.25) is 4.79 Å². The van der Waals surface area contributed by atoms with E-state index in [9.17, 15) is 34.5 Å². The van der Waals surface area contributed by atoms with Gasteiger partial charge in [0.15, 0.2) is 0 Å². The van der Waals surface area contributed by atoms with Crippen molar-refractivity contribution in [1.82, 2.24) is 4.90 Å². The molecule has 0 saturated heterocycles. The molecule has 0 fully saturated rings. The van der Waals surface area contributed by atoms with Crippen LogP contribution in [0.1, 0.15) is 77.0 Å². The number of carbonyl (C=O) groups is 4. The first kappa shape index (κ1) is 29.1. The highest BCUT2D eigenvalue weighted by Crippen LogP contribution is 2.37. The molecule has 0 spiro atoms. The molecule has 4 aromatic rings. The summed E-state index contributed by atoms with van der Waals surface area (Å²) in [6.45, 7) is 0.0950. The Labute approximate surface area is 247 Å². The van der Waals surface area contributed by atoms with E-state index in [1.807, 2.05) is 72.8 Å². The minimum Gasteiger partial charge on any atom is -0.497 e. The summed E-state index contributed by atoms with van der Waals surface area (Å²) >= 11 is 0. The second-order valence-corrected chi connectivity index (χ2v) is 10.3. The van der Waals surface area contributed by atoms with Crippen LogP contribution in [0.25, 0.3) is 11.1 Å². The van der Waals surface area contributed by atoms with Crippen molar-refractivity contribution in [3.8, 4) is 16.9 Å². The molecule has 3 N–H and O–H groups in total. The number of hydrogen-bond acceptors (Lipinski definition) is 5. The summed E-state index contributed by atoms with van der Waals surface area (Å²) in [6.07, 6.45) is 2.23. The van der Waals surface area contributed by atoms with Gasteiger partial charge in [0.05, 0.1) is 35.4 Å². The summed E-state index contributed by atoms with van der Waals surface area (Å²) < 4.78 is 5.36. The van der Waals surface area contributed by atoms with E-state index >= 15 is 0 Å². The Bertz CT molecular complexity index is 1740. The van der Waals surface area contributed by atoms with Gasteiger partial charge in [-0.15, -0.1) is 0 Å². The van der Waals surface area contributed by atoms with Crippen LogP contribution in [-0.2, 0) is 13.0 Å². The lowest BCUT2D eigenvalue weighted by atomic mass is 9.86. The van der Waals surface area contributed by atoms with Gasteiger partial charge in [0.2, 0.25) is 0 Å². The number of fused-ring (bicyclic) bond motifs is 1. The van der Waals surface area contributed by atoms with Crippen molar-refractivity contribution < 1.29 is 39.2 Å². The summed E-state index contributed by atoms with van der Waals surface area (Å²) in [6, 6.07) is 24.1. The van der Waals surface area contributed by atoms with E-state index in [0.29, 0.717) is 12.2 Å². The first-order valence-corrected chi connectivity index (χ1v) is 13.7. The molecule has 1 aliphatic rings. The van der Waals surface area contributed by atoms with E-state index in [4.69, 9.17) is 4.74 Å². The van der Waals surface area contributed by atoms with E-state index in [-0.39, 0.29) is 12.1 Å². The van der Waals surface area contributed by atoms with Crippen molar-refractivity contribution in [2.75, 3.05) is 7.11 Å². The zero-order valence-corrected chi connectivity index (χ0v) is 23.3. The lowest BCUT2D eigenvalue weighted by molar-refractivity contribution is 0.0611. The maximum atomic E-state index is 14.4. The molecule has 0 saturated carbocycles. The number of carboxylic acids is 3. The first-order chi connectivity index (χ1) is 20.7. The highest BCUT2D eigenvalue weighted by molar-refractivity contribution is 6.10. The van der Waals surface area contributed by atoms with Crippen LogP contribution in [0.3, 0.4) is 0 Å². The van der Waals surface area contributed by atoms with Gasteiger partial charge >= 0.3 is 17.9 Å². The fraction of sp³-hybridized carbons (Fsp3) is 0.176. The molecule has 43 heavy (non-hydrogen) atoms. The Balaban J connectivity index is 1.64. The van der Waals surface area contributed by atoms with E-state index in [2.05, 4.69) is 0 Å². The van der Waals surface area contributed by atoms with Gasteiger partial charge in [0.25, 0.3) is 5.91 Å². The number of rotatable bonds is 9. The topological polar surface area (TPSA) is 141 Å². The van der Waals surface area contributed by atoms with Crippen molar-refractivity contribution in [3.05, 3.63) is 124 Å². The maximum Gasteiger partial charge on any atom is 0.336 e. The molecule has 0 unspecified atom stereocenters. The van der Waals surface area contributed by atoms with Crippen LogP contribution in [0.5, 0.6) is 5.75 Å². The third kappa shape index (κ3) is 5.97. The summed E-state index contributed by atoms with van der Waals surface area (Å²) in [5, 5.41) is 29.3. The molecule has 9 heteroatoms. The van der Waals surface area contributed by atoms with Gasteiger partial charge in [-0.2, -0.15) is 0 Å². The highest BCUT2D eigenvalue weighted by Gasteiger charge is 2.33. The number of carboxylic acid groups (broad SMARTS) is 3. The summed E-state index contributed by atoms with van der Waals surface area (Å²) in [5.74, 6) is -4.73. The number of nitrogens with zero attached hydrogens (tertiary/aromatic N) is 1. The van der Waals surface area contributed by atoms with Crippen LogP contribution in [-0.4, -0.2) is 51.1 Å². The molecule has 5 rings (SSSR count). The molecule has 0 radical (unpaired) electrons. The number of ether oxygens (including phenoxy) is 1. The van der Waals surface area contributed by atoms with Crippen LogP contribution in [0.2, 0.25) is 0 Å². The van der Waals surface area contributed by atoms with Crippen molar-refractivity contribution >= 4 is 23.8 Å². The fourth-order valence-electron chi connectivity index (χ4n) is 5.69. The average molecular weight is 580 g/mol. The third-order valence-corrected chi connectivity index (χ3v) is 7.74. The molecule has 0 bridgehead atoms. The number of benzene rings is 4. The van der Waals surface area contributed by atoms with Crippen LogP contribution >= 0.6 is 0 Å². The number of methoxy groups -OCH3 is 1. The van der Waals surface area contributed by atoms with Gasteiger partial charge in [-0.25, -0.2) is 14.4 Å². The normalized spacial score (nSPS) is 13.9. The van der Waals surface area contributed by atoms with Crippen LogP contribution in [0.15, 0.2) is 84.9 Å². The second-order valence-electron chi connectivity index (χ2n) is 10.3. The van der Waals surface area contributed by atoms with Gasteiger partial charge in [-0.1, -0.05) is 54.6 Å². The fourth-order valence-corrected chi connectivity index (χ4v) is 5.69. The van der Waals surface area contributed by atoms with Crippen LogP contribution in [0.4, 0.5) is 0 Å². The third-order valence-electron chi connectivity index (χ3n) is 7.74. The number of hydrogen-bond donors (Lipinski definition) is 3. The average Bonchev–Trinajstić information content (AvgIpc) is 3.02. The first-order valence-electron chi connectivity index (χ1n) is 13.7. The van der Waals surface area contributed by atoms with E-state index < -0.39 is 46.5 Å². The molecule has 0 aliphatic heterocycles. The van der Waals surface area contributed by atoms with Crippen molar-refractivity contribution in [2.24, 2.45) is 0 Å². The Morgan fingerprint density at radius 1 is 0.744 bits per heavy atom. The Hall–Kier alpha value is -5.44. The maximum absolute atomic E-state index is 14.4. The largest absolute Gasteiger partial charge is 0.497 e. The molecular weight excluding hydrogens is 550 g/mol. The smallest absolute Gasteiger partial charge is 0.336 e. The lowest BCUT2D eigenvalue weighted by Gasteiger charge is -2.36. The Morgan fingerprint density at radius 2 is 1.35 bits per heavy atom. The molecule has 0 heterocycles. The molecule has 0 aromatic heterocycles. The monoisotopic (exact) mass is 579 g/mol. The molecule has 1 amide bonds. The minimum atomic E-state index is -1.61. The van der Waals surface area contributed by atoms with E-state index in [1.54, 1.807) is 12.0 Å². The summed E-state index contributed by atoms with van der Waals surface area (Å²) in [4.78, 5) is 52.0. The predicted octanol–water partition coefficient (Wildman–Crippen LogP) is 6.18. The van der Waals surface area contributed by atoms with Gasteiger partial charge in [-0.05, 0) is 77.4 Å². The van der Waals surface area contributed by atoms with Gasteiger partial charge in [0, 0.05) is 6.54 Å². The zero-order chi connectivity index (χ0) is 30.7. The van der Waals surface area contributed by atoms with E-state index in [1.165, 1.54) is 0 Å². The van der Waals surface area contributed by atoms with Gasteiger partial charge in [0.1, 0.15) is 5.75 Å². The molecule has 218 valence electrons. The molecule has 9 nitrogen and oxygen atoms in total. The highest BCUT2D eigenvalue weighted by atomic mass is 16.5. The minimum absolute atomic E-state index is 0.0950. The number of aromatic carboxylic acids is 3. The Kier molecular flexibility index (Phi) is 8.25. The quantitative estimate of drug-likeness (QED) is 0.214. The summed E-state index contributed by atoms with van der Waals surface area (Å²) in [7, 11) is 1.59. The zero-order valence-electron chi connectivity index (χ0n) is 23.3. The Morgan fingerprint density at radius 3 is 2.02 bits per heavy atom. The van der Waals surface area contributed by atoms with Crippen molar-refractivity contribution in [2.45, 2.75) is 31.8 Å². The van der Waals surface area contributed by atoms with Crippen LogP contribution in [0, 0.1) is 0 Å². The molecule has 1 aliphatic carbocycles. The molecular formula is C34H29NO8. The second kappa shape index (κ2) is 12.2. The van der Waals surface area contributed by atoms with E-state index in [0.717, 1.165) is 52.8 Å². The van der Waals surface area contributed by atoms with Gasteiger partial charge < -0.3 is 25.0 Å². The standard InChI is InChI=1S/C34H29NO8/c1-43-24-12-5-11-23(16-24)22-10-4-7-20(15-22)19-35(30-14-6-9-21-8-2-3-13-25(21)30)31(36)26-17-28(33(39)40)29(34(41)42)18-27(26)32(37)38/h2-5,7-8,10-13,15-18,30H,6,9,14,19H2,1H3,(H,37,38)(H,39,40)(H,41,42)/t30-/m0/s1. The van der Waals surface area contributed by atoms with Crippen molar-refractivity contribution in [1.29, 1.82) is 0 Å². The summed E-state index contributed by atoms with van der Waals surface area (Å²) in [5.41, 5.74) is 2.24.